The zero-order chi connectivity index (χ0) is 20.8. The second-order valence-electron chi connectivity index (χ2n) is 6.10. The Morgan fingerprint density at radius 1 is 1.24 bits per heavy atom. The normalized spacial score (nSPS) is 10.7. The van der Waals surface area contributed by atoms with Crippen LogP contribution in [0.5, 0.6) is 0 Å². The second-order valence-corrected chi connectivity index (χ2v) is 8.82. The first-order valence-corrected chi connectivity index (χ1v) is 11.3. The average molecular weight is 495 g/mol. The van der Waals surface area contributed by atoms with Crippen LogP contribution in [0, 0.1) is 6.92 Å². The summed E-state index contributed by atoms with van der Waals surface area (Å²) < 4.78 is 2.76. The van der Waals surface area contributed by atoms with Crippen LogP contribution in [0.1, 0.15) is 21.9 Å². The molecule has 2 heterocycles. The van der Waals surface area contributed by atoms with E-state index in [1.54, 1.807) is 12.1 Å². The molecule has 0 saturated heterocycles. The molecule has 0 aliphatic heterocycles. The molecule has 11 heteroatoms. The Labute approximate surface area is 184 Å². The van der Waals surface area contributed by atoms with Crippen LogP contribution in [-0.4, -0.2) is 43.9 Å². The molecule has 3 aromatic rings. The van der Waals surface area contributed by atoms with Crippen molar-refractivity contribution in [2.75, 3.05) is 17.6 Å². The summed E-state index contributed by atoms with van der Waals surface area (Å²) in [6.45, 7) is 2.32. The lowest BCUT2D eigenvalue weighted by Gasteiger charge is -2.06. The van der Waals surface area contributed by atoms with E-state index >= 15 is 0 Å². The van der Waals surface area contributed by atoms with Crippen molar-refractivity contribution in [3.8, 4) is 0 Å². The summed E-state index contributed by atoms with van der Waals surface area (Å²) in [5, 5.41) is 17.0. The van der Waals surface area contributed by atoms with Gasteiger partial charge in [-0.2, -0.15) is 0 Å². The summed E-state index contributed by atoms with van der Waals surface area (Å²) in [6, 6.07) is 7.17. The number of anilines is 1. The van der Waals surface area contributed by atoms with Crippen molar-refractivity contribution >= 4 is 56.0 Å². The molecule has 0 radical (unpaired) electrons. The maximum absolute atomic E-state index is 12.1. The van der Waals surface area contributed by atoms with E-state index in [0.717, 1.165) is 16.0 Å². The van der Waals surface area contributed by atoms with Gasteiger partial charge in [-0.3, -0.25) is 9.59 Å². The summed E-state index contributed by atoms with van der Waals surface area (Å²) in [5.74, 6) is 0.670. The van der Waals surface area contributed by atoms with E-state index in [0.29, 0.717) is 28.8 Å². The minimum absolute atomic E-state index is 0.136. The Balaban J connectivity index is 1.45. The Bertz CT molecular complexity index is 1000. The number of nitrogens with one attached hydrogen (secondary N) is 2. The van der Waals surface area contributed by atoms with Gasteiger partial charge in [-0.15, -0.1) is 21.5 Å². The van der Waals surface area contributed by atoms with Gasteiger partial charge in [-0.1, -0.05) is 27.7 Å². The van der Waals surface area contributed by atoms with Crippen molar-refractivity contribution in [1.29, 1.82) is 0 Å². The fraction of sp³-hybridized carbons (Fsp3) is 0.278. The molecule has 29 heavy (non-hydrogen) atoms. The minimum Gasteiger partial charge on any atom is -0.352 e. The SMILES string of the molecule is Cc1csc(NC(=O)CSc2nnc(CCNC(=O)c3ccc(Br)cc3)n2C)n1. The van der Waals surface area contributed by atoms with E-state index in [9.17, 15) is 9.59 Å². The lowest BCUT2D eigenvalue weighted by Crippen LogP contribution is -2.26. The predicted molar refractivity (Wildman–Crippen MR) is 117 cm³/mol. The molecular formula is C18H19BrN6O2S2. The Morgan fingerprint density at radius 3 is 2.69 bits per heavy atom. The number of amides is 2. The molecule has 1 aromatic carbocycles. The van der Waals surface area contributed by atoms with Gasteiger partial charge in [-0.05, 0) is 31.2 Å². The van der Waals surface area contributed by atoms with Crippen molar-refractivity contribution in [1.82, 2.24) is 25.1 Å². The van der Waals surface area contributed by atoms with E-state index in [1.807, 2.05) is 36.1 Å². The highest BCUT2D eigenvalue weighted by molar-refractivity contribution is 9.10. The topological polar surface area (TPSA) is 102 Å². The second kappa shape index (κ2) is 9.99. The Kier molecular flexibility index (Phi) is 7.40. The maximum Gasteiger partial charge on any atom is 0.251 e. The van der Waals surface area contributed by atoms with E-state index in [-0.39, 0.29) is 17.6 Å². The number of thioether (sulfide) groups is 1. The van der Waals surface area contributed by atoms with Crippen molar-refractivity contribution in [3.63, 3.8) is 0 Å². The van der Waals surface area contributed by atoms with Gasteiger partial charge in [0.1, 0.15) is 5.82 Å². The molecule has 0 fully saturated rings. The Morgan fingerprint density at radius 2 is 2.00 bits per heavy atom. The molecule has 2 aromatic heterocycles. The maximum atomic E-state index is 12.1. The third-order valence-corrected chi connectivity index (χ3v) is 6.29. The number of aromatic nitrogens is 4. The predicted octanol–water partition coefficient (Wildman–Crippen LogP) is 3.05. The first-order valence-electron chi connectivity index (χ1n) is 8.69. The Hall–Kier alpha value is -2.24. The number of hydrogen-bond donors (Lipinski definition) is 2. The lowest BCUT2D eigenvalue weighted by molar-refractivity contribution is -0.113. The molecule has 0 aliphatic carbocycles. The highest BCUT2D eigenvalue weighted by Gasteiger charge is 2.13. The molecule has 2 N–H and O–H groups in total. The number of hydrogen-bond acceptors (Lipinski definition) is 7. The molecule has 0 atom stereocenters. The molecule has 0 aliphatic rings. The summed E-state index contributed by atoms with van der Waals surface area (Å²) in [5.41, 5.74) is 1.48. The first kappa shape index (κ1) is 21.5. The van der Waals surface area contributed by atoms with Gasteiger partial charge >= 0.3 is 0 Å². The van der Waals surface area contributed by atoms with E-state index in [1.165, 1.54) is 23.1 Å². The third kappa shape index (κ3) is 6.12. The summed E-state index contributed by atoms with van der Waals surface area (Å²) in [7, 11) is 1.84. The van der Waals surface area contributed by atoms with Gasteiger partial charge in [0.05, 0.1) is 11.4 Å². The number of rotatable bonds is 8. The highest BCUT2D eigenvalue weighted by Crippen LogP contribution is 2.18. The van der Waals surface area contributed by atoms with Crippen LogP contribution in [0.3, 0.4) is 0 Å². The quantitative estimate of drug-likeness (QED) is 0.466. The molecule has 0 spiro atoms. The number of carbonyl (C=O) groups is 2. The van der Waals surface area contributed by atoms with Gasteiger partial charge in [0.15, 0.2) is 10.3 Å². The van der Waals surface area contributed by atoms with E-state index in [2.05, 4.69) is 41.7 Å². The molecular weight excluding hydrogens is 476 g/mol. The summed E-state index contributed by atoms with van der Waals surface area (Å²) in [6.07, 6.45) is 0.539. The highest BCUT2D eigenvalue weighted by atomic mass is 79.9. The molecule has 0 bridgehead atoms. The van der Waals surface area contributed by atoms with Crippen molar-refractivity contribution in [2.45, 2.75) is 18.5 Å². The molecule has 2 amide bonds. The van der Waals surface area contributed by atoms with Crippen LogP contribution in [-0.2, 0) is 18.3 Å². The molecule has 152 valence electrons. The summed E-state index contributed by atoms with van der Waals surface area (Å²) in [4.78, 5) is 28.4. The average Bonchev–Trinajstić information content (AvgIpc) is 3.26. The van der Waals surface area contributed by atoms with Gasteiger partial charge in [0.2, 0.25) is 5.91 Å². The number of nitrogens with zero attached hydrogens (tertiary/aromatic N) is 4. The molecule has 0 saturated carbocycles. The number of carbonyl (C=O) groups excluding carboxylic acids is 2. The molecule has 8 nitrogen and oxygen atoms in total. The minimum atomic E-state index is -0.143. The van der Waals surface area contributed by atoms with Gasteiger partial charge in [0.25, 0.3) is 5.91 Å². The van der Waals surface area contributed by atoms with Gasteiger partial charge in [0, 0.05) is 35.4 Å². The number of benzene rings is 1. The number of aryl methyl sites for hydroxylation is 1. The largest absolute Gasteiger partial charge is 0.352 e. The molecule has 0 unspecified atom stereocenters. The van der Waals surface area contributed by atoms with Crippen molar-refractivity contribution in [3.05, 3.63) is 51.2 Å². The van der Waals surface area contributed by atoms with Crippen LogP contribution in [0.2, 0.25) is 0 Å². The first-order chi connectivity index (χ1) is 13.9. The van der Waals surface area contributed by atoms with Crippen molar-refractivity contribution in [2.24, 2.45) is 7.05 Å². The third-order valence-electron chi connectivity index (χ3n) is 3.86. The fourth-order valence-corrected chi connectivity index (χ4v) is 4.08. The van der Waals surface area contributed by atoms with Crippen LogP contribution in [0.4, 0.5) is 5.13 Å². The van der Waals surface area contributed by atoms with E-state index in [4.69, 9.17) is 0 Å². The number of thiazole rings is 1. The van der Waals surface area contributed by atoms with Crippen LogP contribution < -0.4 is 10.6 Å². The van der Waals surface area contributed by atoms with Crippen LogP contribution >= 0.6 is 39.0 Å². The zero-order valence-corrected chi connectivity index (χ0v) is 19.0. The van der Waals surface area contributed by atoms with Gasteiger partial charge < -0.3 is 15.2 Å². The van der Waals surface area contributed by atoms with Crippen molar-refractivity contribution < 1.29 is 9.59 Å². The monoisotopic (exact) mass is 494 g/mol. The fourth-order valence-electron chi connectivity index (χ4n) is 2.38. The van der Waals surface area contributed by atoms with Gasteiger partial charge in [-0.25, -0.2) is 4.98 Å². The van der Waals surface area contributed by atoms with Crippen LogP contribution in [0.15, 0.2) is 39.3 Å². The smallest absolute Gasteiger partial charge is 0.251 e. The summed E-state index contributed by atoms with van der Waals surface area (Å²) >= 11 is 6.04. The standard InChI is InChI=1S/C18H19BrN6O2S2/c1-11-9-28-17(21-11)22-15(26)10-29-18-24-23-14(25(18)2)7-8-20-16(27)12-3-5-13(19)6-4-12/h3-6,9H,7-8,10H2,1-2H3,(H,20,27)(H,21,22,26). The zero-order valence-electron chi connectivity index (χ0n) is 15.8. The lowest BCUT2D eigenvalue weighted by atomic mass is 10.2. The molecule has 3 rings (SSSR count). The van der Waals surface area contributed by atoms with E-state index < -0.39 is 0 Å². The number of halogens is 1. The van der Waals surface area contributed by atoms with Crippen LogP contribution in [0.25, 0.3) is 0 Å².